The van der Waals surface area contributed by atoms with Crippen molar-refractivity contribution in [3.05, 3.63) is 35.4 Å². The van der Waals surface area contributed by atoms with E-state index in [1.54, 1.807) is 32.9 Å². The summed E-state index contributed by atoms with van der Waals surface area (Å²) in [4.78, 5) is 55.4. The van der Waals surface area contributed by atoms with Gasteiger partial charge in [-0.25, -0.2) is 18.4 Å². The first-order valence-electron chi connectivity index (χ1n) is 9.02. The molecule has 3 amide bonds. The van der Waals surface area contributed by atoms with Crippen LogP contribution in [0.4, 0.5) is 13.6 Å². The molecule has 1 saturated carbocycles. The van der Waals surface area contributed by atoms with Crippen LogP contribution >= 0.6 is 0 Å². The summed E-state index contributed by atoms with van der Waals surface area (Å²) < 4.78 is 33.0. The van der Waals surface area contributed by atoms with Crippen LogP contribution in [0.1, 0.15) is 47.9 Å². The predicted molar refractivity (Wildman–Crippen MR) is 91.7 cm³/mol. The first-order valence-corrected chi connectivity index (χ1v) is 9.02. The number of fused-ring (bicyclic) bond motifs is 2. The molecule has 1 saturated heterocycles. The molecular weight excluding hydrogens is 390 g/mol. The normalized spacial score (nSPS) is 26.9. The minimum atomic E-state index is -3.12. The highest BCUT2D eigenvalue weighted by atomic mass is 19.3. The molecule has 10 heteroatoms. The Balaban J connectivity index is 1.53. The molecule has 0 spiro atoms. The van der Waals surface area contributed by atoms with Gasteiger partial charge >= 0.3 is 12.1 Å². The van der Waals surface area contributed by atoms with Crippen LogP contribution in [-0.2, 0) is 14.4 Å². The lowest BCUT2D eigenvalue weighted by Crippen LogP contribution is -2.50. The fraction of sp³-hybridized carbons (Fsp3) is 0.474. The second kappa shape index (κ2) is 5.98. The number of carbonyl (C=O) groups excluding carboxylic acids is 4. The van der Waals surface area contributed by atoms with E-state index in [-0.39, 0.29) is 17.5 Å². The van der Waals surface area contributed by atoms with Crippen molar-refractivity contribution < 1.29 is 37.5 Å². The molecule has 0 unspecified atom stereocenters. The van der Waals surface area contributed by atoms with E-state index in [1.807, 2.05) is 0 Å². The number of alkyl halides is 2. The zero-order valence-corrected chi connectivity index (χ0v) is 15.8. The van der Waals surface area contributed by atoms with Gasteiger partial charge in [-0.1, -0.05) is 17.2 Å². The third-order valence-corrected chi connectivity index (χ3v) is 5.09. The van der Waals surface area contributed by atoms with Gasteiger partial charge in [0, 0.05) is 0 Å². The SMILES string of the molecule is CC(C)(C)OC(=O)N1[C@H](C(=O)ON2C(=O)c3ccccc3C2=O)C[C@H]2[C@@H]1C2(F)F. The van der Waals surface area contributed by atoms with Gasteiger partial charge in [-0.3, -0.25) is 14.5 Å². The molecule has 2 fully saturated rings. The van der Waals surface area contributed by atoms with E-state index in [0.717, 1.165) is 0 Å². The number of nitrogens with zero attached hydrogens (tertiary/aromatic N) is 2. The van der Waals surface area contributed by atoms with Gasteiger partial charge in [-0.05, 0) is 39.3 Å². The Kier molecular flexibility index (Phi) is 3.97. The smallest absolute Gasteiger partial charge is 0.411 e. The molecule has 3 aliphatic rings. The highest BCUT2D eigenvalue weighted by Gasteiger charge is 2.78. The van der Waals surface area contributed by atoms with Crippen LogP contribution in [-0.4, -0.2) is 57.4 Å². The maximum Gasteiger partial charge on any atom is 0.411 e. The minimum Gasteiger partial charge on any atom is -0.444 e. The highest BCUT2D eigenvalue weighted by Crippen LogP contribution is 2.60. The lowest BCUT2D eigenvalue weighted by Gasteiger charge is -2.30. The van der Waals surface area contributed by atoms with E-state index < -0.39 is 53.4 Å². The molecule has 0 N–H and O–H groups in total. The lowest BCUT2D eigenvalue weighted by atomic mass is 10.1. The van der Waals surface area contributed by atoms with Crippen LogP contribution < -0.4 is 0 Å². The highest BCUT2D eigenvalue weighted by molar-refractivity contribution is 6.20. The number of ether oxygens (including phenoxy) is 1. The van der Waals surface area contributed by atoms with Crippen molar-refractivity contribution in [1.82, 2.24) is 9.96 Å². The summed E-state index contributed by atoms with van der Waals surface area (Å²) in [5.41, 5.74) is -0.832. The van der Waals surface area contributed by atoms with Crippen molar-refractivity contribution in [1.29, 1.82) is 0 Å². The quantitative estimate of drug-likeness (QED) is 0.698. The number of halogens is 2. The molecule has 0 bridgehead atoms. The number of likely N-dealkylation sites (tertiary alicyclic amines) is 1. The van der Waals surface area contributed by atoms with Gasteiger partial charge in [0.2, 0.25) is 0 Å². The van der Waals surface area contributed by atoms with E-state index in [0.29, 0.717) is 9.96 Å². The third kappa shape index (κ3) is 2.93. The van der Waals surface area contributed by atoms with Crippen LogP contribution in [0.5, 0.6) is 0 Å². The number of amides is 3. The van der Waals surface area contributed by atoms with E-state index in [9.17, 15) is 28.0 Å². The fourth-order valence-corrected chi connectivity index (χ4v) is 3.75. The topological polar surface area (TPSA) is 93.2 Å². The molecule has 0 radical (unpaired) electrons. The van der Waals surface area contributed by atoms with Gasteiger partial charge in [0.25, 0.3) is 17.7 Å². The molecule has 3 atom stereocenters. The Hall–Kier alpha value is -3.04. The summed E-state index contributed by atoms with van der Waals surface area (Å²) in [6.45, 7) is 4.70. The Morgan fingerprint density at radius 1 is 1.10 bits per heavy atom. The molecule has 1 aromatic rings. The van der Waals surface area contributed by atoms with Crippen molar-refractivity contribution in [2.75, 3.05) is 0 Å². The zero-order valence-electron chi connectivity index (χ0n) is 15.8. The van der Waals surface area contributed by atoms with E-state index in [2.05, 4.69) is 0 Å². The first kappa shape index (κ1) is 19.3. The van der Waals surface area contributed by atoms with Crippen LogP contribution in [0.15, 0.2) is 24.3 Å². The summed E-state index contributed by atoms with van der Waals surface area (Å²) in [6, 6.07) is 3.04. The van der Waals surface area contributed by atoms with Crippen LogP contribution in [0, 0.1) is 5.92 Å². The van der Waals surface area contributed by atoms with Crippen molar-refractivity contribution in [3.63, 3.8) is 0 Å². The number of imide groups is 1. The molecule has 1 aromatic carbocycles. The zero-order chi connectivity index (χ0) is 21.3. The monoisotopic (exact) mass is 408 g/mol. The van der Waals surface area contributed by atoms with Crippen molar-refractivity contribution >= 4 is 23.9 Å². The third-order valence-electron chi connectivity index (χ3n) is 5.09. The first-order chi connectivity index (χ1) is 13.4. The molecule has 0 aromatic heterocycles. The molecule has 1 aliphatic carbocycles. The molecule has 2 heterocycles. The molecule has 29 heavy (non-hydrogen) atoms. The van der Waals surface area contributed by atoms with Crippen LogP contribution in [0.3, 0.4) is 0 Å². The molecule has 154 valence electrons. The number of rotatable bonds is 2. The summed E-state index contributed by atoms with van der Waals surface area (Å²) in [7, 11) is 0. The molecular formula is C19H18F2N2O6. The Morgan fingerprint density at radius 3 is 2.17 bits per heavy atom. The average Bonchev–Trinajstić information content (AvgIpc) is 2.95. The number of hydrogen-bond donors (Lipinski definition) is 0. The van der Waals surface area contributed by atoms with Crippen LogP contribution in [0.2, 0.25) is 0 Å². The standard InChI is InChI=1S/C19H18F2N2O6/c1-18(2,3)28-17(27)22-12(8-11-13(22)19(11,20)21)16(26)29-23-14(24)9-6-4-5-7-10(9)15(23)25/h4-7,11-13H,8H2,1-3H3/t11-,12-,13+/m0/s1. The van der Waals surface area contributed by atoms with Crippen LogP contribution in [0.25, 0.3) is 0 Å². The minimum absolute atomic E-state index is 0.0649. The van der Waals surface area contributed by atoms with Gasteiger partial charge < -0.3 is 9.57 Å². The lowest BCUT2D eigenvalue weighted by molar-refractivity contribution is -0.175. The van der Waals surface area contributed by atoms with Crippen molar-refractivity contribution in [2.24, 2.45) is 5.92 Å². The largest absolute Gasteiger partial charge is 0.444 e. The van der Waals surface area contributed by atoms with E-state index >= 15 is 0 Å². The maximum atomic E-state index is 13.9. The van der Waals surface area contributed by atoms with Gasteiger partial charge in [0.1, 0.15) is 17.7 Å². The van der Waals surface area contributed by atoms with Crippen molar-refractivity contribution in [3.8, 4) is 0 Å². The summed E-state index contributed by atoms with van der Waals surface area (Å²) in [5, 5.41) is 0.294. The predicted octanol–water partition coefficient (Wildman–Crippen LogP) is 2.38. The van der Waals surface area contributed by atoms with Gasteiger partial charge in [0.15, 0.2) is 0 Å². The van der Waals surface area contributed by atoms with Gasteiger partial charge in [-0.15, -0.1) is 0 Å². The fourth-order valence-electron chi connectivity index (χ4n) is 3.75. The van der Waals surface area contributed by atoms with E-state index in [4.69, 9.17) is 9.57 Å². The van der Waals surface area contributed by atoms with Crippen molar-refractivity contribution in [2.45, 2.75) is 50.8 Å². The van der Waals surface area contributed by atoms with E-state index in [1.165, 1.54) is 12.1 Å². The molecule has 2 aliphatic heterocycles. The number of carbonyl (C=O) groups is 4. The second-order valence-corrected chi connectivity index (χ2v) is 8.23. The molecule has 8 nitrogen and oxygen atoms in total. The Labute approximate surface area is 164 Å². The van der Waals surface area contributed by atoms with Gasteiger partial charge in [0.05, 0.1) is 17.0 Å². The van der Waals surface area contributed by atoms with Gasteiger partial charge in [-0.2, -0.15) is 0 Å². The summed E-state index contributed by atoms with van der Waals surface area (Å²) in [5.74, 6) is -7.14. The Bertz CT molecular complexity index is 906. The number of hydrogen-bond acceptors (Lipinski definition) is 6. The molecule has 4 rings (SSSR count). The number of benzene rings is 1. The number of hydroxylamine groups is 2. The Morgan fingerprint density at radius 2 is 1.66 bits per heavy atom. The summed E-state index contributed by atoms with van der Waals surface area (Å²) >= 11 is 0. The summed E-state index contributed by atoms with van der Waals surface area (Å²) in [6.07, 6.45) is -1.43. The number of piperidine rings is 1. The average molecular weight is 408 g/mol. The maximum absolute atomic E-state index is 13.9. The second-order valence-electron chi connectivity index (χ2n) is 8.23.